The number of carboxylic acids is 1. The molecule has 4 rings (SSSR count). The highest BCUT2D eigenvalue weighted by molar-refractivity contribution is 5.93. The van der Waals surface area contributed by atoms with E-state index in [-0.39, 0.29) is 31.3 Å². The molecule has 1 aliphatic rings. The molecule has 1 aliphatic carbocycles. The Morgan fingerprint density at radius 2 is 1.46 bits per heavy atom. The van der Waals surface area contributed by atoms with Gasteiger partial charge in [0.15, 0.2) is 0 Å². The SMILES string of the molecule is CC(C)(CC(=O)Nc1ccccc1CC(=O)O)NC(=O)OCC1c2ccccc2-c2ccccc21. The van der Waals surface area contributed by atoms with E-state index in [1.165, 1.54) is 0 Å². The Hall–Kier alpha value is -4.13. The fourth-order valence-corrected chi connectivity index (χ4v) is 4.51. The van der Waals surface area contributed by atoms with Gasteiger partial charge in [0.05, 0.1) is 6.42 Å². The van der Waals surface area contributed by atoms with Gasteiger partial charge < -0.3 is 20.5 Å². The van der Waals surface area contributed by atoms with Gasteiger partial charge in [-0.2, -0.15) is 0 Å². The molecule has 7 heteroatoms. The highest BCUT2D eigenvalue weighted by atomic mass is 16.5. The standard InChI is InChI=1S/C28H28N2O5/c1-28(2,16-25(31)29-24-14-8-3-9-18(24)15-26(32)33)30-27(34)35-17-23-21-12-6-4-10-19(21)20-11-5-7-13-22(20)23/h3-14,23H,15-17H2,1-2H3,(H,29,31)(H,30,34)(H,32,33). The summed E-state index contributed by atoms with van der Waals surface area (Å²) < 4.78 is 5.59. The van der Waals surface area contributed by atoms with Gasteiger partial charge in [0, 0.05) is 23.6 Å². The summed E-state index contributed by atoms with van der Waals surface area (Å²) in [4.78, 5) is 36.3. The Morgan fingerprint density at radius 3 is 2.09 bits per heavy atom. The molecule has 7 nitrogen and oxygen atoms in total. The topological polar surface area (TPSA) is 105 Å². The third-order valence-corrected chi connectivity index (χ3v) is 6.02. The van der Waals surface area contributed by atoms with Crippen LogP contribution in [0.5, 0.6) is 0 Å². The number of nitrogens with one attached hydrogen (secondary N) is 2. The van der Waals surface area contributed by atoms with E-state index in [4.69, 9.17) is 9.84 Å². The highest BCUT2D eigenvalue weighted by Crippen LogP contribution is 2.44. The maximum atomic E-state index is 12.6. The van der Waals surface area contributed by atoms with Gasteiger partial charge in [-0.25, -0.2) is 4.79 Å². The number of hydrogen-bond acceptors (Lipinski definition) is 4. The predicted octanol–water partition coefficient (Wildman–Crippen LogP) is 4.96. The van der Waals surface area contributed by atoms with E-state index in [1.807, 2.05) is 24.3 Å². The summed E-state index contributed by atoms with van der Waals surface area (Å²) in [6.07, 6.45) is -0.813. The number of hydrogen-bond donors (Lipinski definition) is 3. The number of alkyl carbamates (subject to hydrolysis) is 1. The van der Waals surface area contributed by atoms with Crippen molar-refractivity contribution in [2.75, 3.05) is 11.9 Å². The second-order valence-electron chi connectivity index (χ2n) is 9.29. The predicted molar refractivity (Wildman–Crippen MR) is 133 cm³/mol. The minimum absolute atomic E-state index is 0.0153. The second kappa shape index (κ2) is 10.0. The summed E-state index contributed by atoms with van der Waals surface area (Å²) in [6, 6.07) is 23.0. The molecule has 3 aromatic rings. The van der Waals surface area contributed by atoms with Crippen molar-refractivity contribution in [3.63, 3.8) is 0 Å². The lowest BCUT2D eigenvalue weighted by Crippen LogP contribution is -2.46. The smallest absolute Gasteiger partial charge is 0.407 e. The van der Waals surface area contributed by atoms with Crippen molar-refractivity contribution >= 4 is 23.7 Å². The van der Waals surface area contributed by atoms with Crippen LogP contribution < -0.4 is 10.6 Å². The quantitative estimate of drug-likeness (QED) is 0.430. The number of fused-ring (bicyclic) bond motifs is 3. The van der Waals surface area contributed by atoms with Crippen molar-refractivity contribution in [3.8, 4) is 11.1 Å². The fourth-order valence-electron chi connectivity index (χ4n) is 4.51. The zero-order chi connectivity index (χ0) is 25.0. The van der Waals surface area contributed by atoms with Crippen molar-refractivity contribution < 1.29 is 24.2 Å². The molecule has 0 bridgehead atoms. The average Bonchev–Trinajstić information content (AvgIpc) is 3.12. The summed E-state index contributed by atoms with van der Waals surface area (Å²) in [7, 11) is 0. The number of ether oxygens (including phenoxy) is 1. The molecule has 0 aliphatic heterocycles. The van der Waals surface area contributed by atoms with Crippen LogP contribution in [0.4, 0.5) is 10.5 Å². The van der Waals surface area contributed by atoms with Crippen molar-refractivity contribution in [2.45, 2.75) is 38.1 Å². The Labute approximate surface area is 204 Å². The van der Waals surface area contributed by atoms with Crippen molar-refractivity contribution in [1.82, 2.24) is 5.32 Å². The van der Waals surface area contributed by atoms with Crippen LogP contribution in [0.25, 0.3) is 11.1 Å². The first-order chi connectivity index (χ1) is 16.7. The van der Waals surface area contributed by atoms with Crippen LogP contribution >= 0.6 is 0 Å². The summed E-state index contributed by atoms with van der Waals surface area (Å²) in [5.41, 5.74) is 4.62. The van der Waals surface area contributed by atoms with Gasteiger partial charge in [0.1, 0.15) is 6.61 Å². The molecular weight excluding hydrogens is 444 g/mol. The molecule has 0 radical (unpaired) electrons. The van der Waals surface area contributed by atoms with E-state index >= 15 is 0 Å². The van der Waals surface area contributed by atoms with E-state index in [0.29, 0.717) is 11.3 Å². The van der Waals surface area contributed by atoms with Crippen LogP contribution in [0.2, 0.25) is 0 Å². The third-order valence-electron chi connectivity index (χ3n) is 6.02. The number of anilines is 1. The summed E-state index contributed by atoms with van der Waals surface area (Å²) in [5.74, 6) is -1.37. The van der Waals surface area contributed by atoms with E-state index < -0.39 is 17.6 Å². The third kappa shape index (κ3) is 5.69. The zero-order valence-corrected chi connectivity index (χ0v) is 19.7. The molecule has 0 heterocycles. The molecule has 3 aromatic carbocycles. The summed E-state index contributed by atoms with van der Waals surface area (Å²) in [6.45, 7) is 3.65. The normalized spacial score (nSPS) is 12.4. The molecule has 35 heavy (non-hydrogen) atoms. The number of benzene rings is 3. The van der Waals surface area contributed by atoms with Gasteiger partial charge in [0.25, 0.3) is 0 Å². The van der Waals surface area contributed by atoms with Crippen LogP contribution in [-0.4, -0.2) is 35.2 Å². The van der Waals surface area contributed by atoms with Crippen LogP contribution in [0, 0.1) is 0 Å². The minimum atomic E-state index is -0.982. The highest BCUT2D eigenvalue weighted by Gasteiger charge is 2.30. The molecule has 0 aromatic heterocycles. The summed E-state index contributed by atoms with van der Waals surface area (Å²) in [5, 5.41) is 14.6. The minimum Gasteiger partial charge on any atom is -0.481 e. The molecule has 0 unspecified atom stereocenters. The molecule has 0 fully saturated rings. The monoisotopic (exact) mass is 472 g/mol. The van der Waals surface area contributed by atoms with Gasteiger partial charge >= 0.3 is 12.1 Å². The molecular formula is C28H28N2O5. The van der Waals surface area contributed by atoms with Crippen LogP contribution in [0.15, 0.2) is 72.8 Å². The Kier molecular flexibility index (Phi) is 6.87. The van der Waals surface area contributed by atoms with Gasteiger partial charge in [-0.15, -0.1) is 0 Å². The van der Waals surface area contributed by atoms with Crippen molar-refractivity contribution in [1.29, 1.82) is 0 Å². The van der Waals surface area contributed by atoms with E-state index in [1.54, 1.807) is 38.1 Å². The number of amides is 2. The van der Waals surface area contributed by atoms with Gasteiger partial charge in [-0.05, 0) is 47.7 Å². The Balaban J connectivity index is 1.35. The summed E-state index contributed by atoms with van der Waals surface area (Å²) >= 11 is 0. The molecule has 180 valence electrons. The average molecular weight is 473 g/mol. The second-order valence-corrected chi connectivity index (χ2v) is 9.29. The van der Waals surface area contributed by atoms with Crippen LogP contribution in [0.3, 0.4) is 0 Å². The molecule has 2 amide bonds. The number of carboxylic acid groups (broad SMARTS) is 1. The van der Waals surface area contributed by atoms with Crippen molar-refractivity contribution in [3.05, 3.63) is 89.5 Å². The number of para-hydroxylation sites is 1. The number of carbonyl (C=O) groups excluding carboxylic acids is 2. The fraction of sp³-hybridized carbons (Fsp3) is 0.250. The lowest BCUT2D eigenvalue weighted by atomic mass is 9.98. The first-order valence-corrected chi connectivity index (χ1v) is 11.5. The number of rotatable bonds is 8. The molecule has 0 saturated carbocycles. The lowest BCUT2D eigenvalue weighted by Gasteiger charge is -2.26. The van der Waals surface area contributed by atoms with Gasteiger partial charge in [-0.1, -0.05) is 66.7 Å². The number of aliphatic carboxylic acids is 1. The Morgan fingerprint density at radius 1 is 0.886 bits per heavy atom. The number of carbonyl (C=O) groups is 3. The van der Waals surface area contributed by atoms with E-state index in [2.05, 4.69) is 34.9 Å². The van der Waals surface area contributed by atoms with Gasteiger partial charge in [0.2, 0.25) is 5.91 Å². The first-order valence-electron chi connectivity index (χ1n) is 11.5. The maximum Gasteiger partial charge on any atom is 0.407 e. The van der Waals surface area contributed by atoms with Crippen LogP contribution in [0.1, 0.15) is 42.9 Å². The molecule has 0 spiro atoms. The lowest BCUT2D eigenvalue weighted by molar-refractivity contribution is -0.136. The zero-order valence-electron chi connectivity index (χ0n) is 19.7. The van der Waals surface area contributed by atoms with E-state index in [9.17, 15) is 14.4 Å². The first kappa shape index (κ1) is 24.0. The van der Waals surface area contributed by atoms with Crippen molar-refractivity contribution in [2.24, 2.45) is 0 Å². The van der Waals surface area contributed by atoms with Crippen LogP contribution in [-0.2, 0) is 20.7 Å². The molecule has 0 saturated heterocycles. The largest absolute Gasteiger partial charge is 0.481 e. The Bertz CT molecular complexity index is 1220. The maximum absolute atomic E-state index is 12.6. The van der Waals surface area contributed by atoms with E-state index in [0.717, 1.165) is 22.3 Å². The molecule has 0 atom stereocenters. The molecule has 3 N–H and O–H groups in total. The van der Waals surface area contributed by atoms with Gasteiger partial charge in [-0.3, -0.25) is 9.59 Å².